The van der Waals surface area contributed by atoms with Crippen LogP contribution in [-0.2, 0) is 0 Å². The summed E-state index contributed by atoms with van der Waals surface area (Å²) in [6, 6.07) is 14.5. The molecule has 1 aliphatic heterocycles. The van der Waals surface area contributed by atoms with Gasteiger partial charge in [0.25, 0.3) is 5.91 Å². The van der Waals surface area contributed by atoms with Crippen LogP contribution in [0.15, 0.2) is 48.5 Å². The molecule has 3 rings (SSSR count). The van der Waals surface area contributed by atoms with E-state index in [0.717, 1.165) is 37.2 Å². The Hall–Kier alpha value is -3.06. The van der Waals surface area contributed by atoms with E-state index in [-0.39, 0.29) is 18.0 Å². The predicted molar refractivity (Wildman–Crippen MR) is 113 cm³/mol. The molecule has 29 heavy (non-hydrogen) atoms. The maximum atomic E-state index is 12.4. The normalized spacial score (nSPS) is 14.8. The van der Waals surface area contributed by atoms with Crippen LogP contribution < -0.4 is 20.7 Å². The number of hydrogen-bond donors (Lipinski definition) is 3. The van der Waals surface area contributed by atoms with E-state index < -0.39 is 0 Å². The van der Waals surface area contributed by atoms with Crippen molar-refractivity contribution in [1.29, 1.82) is 0 Å². The summed E-state index contributed by atoms with van der Waals surface area (Å²) in [6.45, 7) is 2.49. The average Bonchev–Trinajstić information content (AvgIpc) is 3.29. The van der Waals surface area contributed by atoms with Crippen LogP contribution in [0.1, 0.15) is 34.8 Å². The molecule has 0 spiro atoms. The molecule has 0 aromatic heterocycles. The molecule has 3 N–H and O–H groups in total. The summed E-state index contributed by atoms with van der Waals surface area (Å²) in [4.78, 5) is 26.4. The Bertz CT molecular complexity index is 832. The number of carbonyl (C=O) groups excluding carboxylic acids is 2. The molecule has 1 heterocycles. The van der Waals surface area contributed by atoms with E-state index in [1.807, 2.05) is 18.2 Å². The first kappa shape index (κ1) is 20.7. The zero-order chi connectivity index (χ0) is 20.6. The van der Waals surface area contributed by atoms with E-state index in [9.17, 15) is 9.59 Å². The zero-order valence-electron chi connectivity index (χ0n) is 16.9. The number of hydrogen-bond acceptors (Lipinski definition) is 4. The van der Waals surface area contributed by atoms with E-state index >= 15 is 0 Å². The average molecular weight is 396 g/mol. The number of amides is 3. The Balaban J connectivity index is 1.64. The number of methoxy groups -OCH3 is 1. The summed E-state index contributed by atoms with van der Waals surface area (Å²) in [5.74, 6) is 0.669. The second kappa shape index (κ2) is 9.93. The largest absolute Gasteiger partial charge is 0.496 e. The maximum Gasteiger partial charge on any atom is 0.319 e. The van der Waals surface area contributed by atoms with Gasteiger partial charge >= 0.3 is 6.03 Å². The van der Waals surface area contributed by atoms with E-state index in [2.05, 4.69) is 26.9 Å². The molecule has 0 aliphatic carbocycles. The number of anilines is 1. The number of benzene rings is 2. The fraction of sp³-hybridized carbons (Fsp3) is 0.364. The second-order valence-electron chi connectivity index (χ2n) is 6.99. The summed E-state index contributed by atoms with van der Waals surface area (Å²) < 4.78 is 5.54. The lowest BCUT2D eigenvalue weighted by molar-refractivity contribution is 0.0963. The van der Waals surface area contributed by atoms with Gasteiger partial charge in [-0.2, -0.15) is 0 Å². The molecule has 1 fully saturated rings. The third-order valence-corrected chi connectivity index (χ3v) is 5.17. The third-order valence-electron chi connectivity index (χ3n) is 5.17. The monoisotopic (exact) mass is 396 g/mol. The first-order chi connectivity index (χ1) is 14.1. The van der Waals surface area contributed by atoms with Crippen LogP contribution >= 0.6 is 0 Å². The minimum absolute atomic E-state index is 0.0510. The van der Waals surface area contributed by atoms with E-state index in [1.54, 1.807) is 38.4 Å². The summed E-state index contributed by atoms with van der Waals surface area (Å²) in [7, 11) is 3.25. The lowest BCUT2D eigenvalue weighted by Gasteiger charge is -2.29. The topological polar surface area (TPSA) is 82.7 Å². The number of para-hydroxylation sites is 1. The maximum absolute atomic E-state index is 12.4. The lowest BCUT2D eigenvalue weighted by atomic mass is 10.0. The number of likely N-dealkylation sites (tertiary alicyclic amines) is 1. The van der Waals surface area contributed by atoms with Gasteiger partial charge in [-0.3, -0.25) is 9.69 Å². The van der Waals surface area contributed by atoms with Gasteiger partial charge in [-0.25, -0.2) is 4.79 Å². The van der Waals surface area contributed by atoms with E-state index in [0.29, 0.717) is 17.8 Å². The van der Waals surface area contributed by atoms with Crippen molar-refractivity contribution in [3.63, 3.8) is 0 Å². The molecule has 0 saturated carbocycles. The standard InChI is InChI=1S/C22H28N4O3/c1-23-21(27)16-9-11-17(12-10-16)25-22(28)24-15-19(26-13-5-6-14-26)18-7-3-4-8-20(18)29-2/h3-4,7-12,19H,5-6,13-15H2,1-2H3,(H,23,27)(H2,24,25,28). The highest BCUT2D eigenvalue weighted by molar-refractivity contribution is 5.95. The molecule has 1 unspecified atom stereocenters. The molecule has 2 aromatic rings. The molecular weight excluding hydrogens is 368 g/mol. The molecule has 0 bridgehead atoms. The van der Waals surface area contributed by atoms with Crippen LogP contribution in [0.5, 0.6) is 5.75 Å². The number of rotatable bonds is 7. The highest BCUT2D eigenvalue weighted by Crippen LogP contribution is 2.31. The second-order valence-corrected chi connectivity index (χ2v) is 6.99. The number of carbonyl (C=O) groups is 2. The number of ether oxygens (including phenoxy) is 1. The molecule has 1 aliphatic rings. The Morgan fingerprint density at radius 2 is 1.76 bits per heavy atom. The van der Waals surface area contributed by atoms with Crippen LogP contribution in [0.3, 0.4) is 0 Å². The van der Waals surface area contributed by atoms with Crippen molar-refractivity contribution in [1.82, 2.24) is 15.5 Å². The molecule has 3 amide bonds. The smallest absolute Gasteiger partial charge is 0.319 e. The van der Waals surface area contributed by atoms with Gasteiger partial charge in [0.05, 0.1) is 13.2 Å². The van der Waals surface area contributed by atoms with Crippen molar-refractivity contribution in [3.05, 3.63) is 59.7 Å². The van der Waals surface area contributed by atoms with Crippen LogP contribution in [0.25, 0.3) is 0 Å². The van der Waals surface area contributed by atoms with Crippen LogP contribution in [0.2, 0.25) is 0 Å². The van der Waals surface area contributed by atoms with Gasteiger partial charge in [-0.15, -0.1) is 0 Å². The molecule has 2 aromatic carbocycles. The van der Waals surface area contributed by atoms with Crippen molar-refractivity contribution < 1.29 is 14.3 Å². The number of nitrogens with one attached hydrogen (secondary N) is 3. The number of urea groups is 1. The van der Waals surface area contributed by atoms with Gasteiger partial charge in [0.2, 0.25) is 0 Å². The fourth-order valence-corrected chi connectivity index (χ4v) is 3.64. The zero-order valence-corrected chi connectivity index (χ0v) is 16.9. The first-order valence-corrected chi connectivity index (χ1v) is 9.86. The molecule has 0 radical (unpaired) electrons. The first-order valence-electron chi connectivity index (χ1n) is 9.86. The van der Waals surface area contributed by atoms with Crippen molar-refractivity contribution in [2.24, 2.45) is 0 Å². The van der Waals surface area contributed by atoms with Crippen LogP contribution in [0, 0.1) is 0 Å². The molecule has 154 valence electrons. The summed E-state index contributed by atoms with van der Waals surface area (Å²) >= 11 is 0. The van der Waals surface area contributed by atoms with Gasteiger partial charge in [-0.05, 0) is 56.3 Å². The van der Waals surface area contributed by atoms with Crippen LogP contribution in [-0.4, -0.2) is 50.6 Å². The van der Waals surface area contributed by atoms with Gasteiger partial charge < -0.3 is 20.7 Å². The Kier molecular flexibility index (Phi) is 7.08. The van der Waals surface area contributed by atoms with E-state index in [4.69, 9.17) is 4.74 Å². The van der Waals surface area contributed by atoms with Gasteiger partial charge in [0.1, 0.15) is 5.75 Å². The van der Waals surface area contributed by atoms with Gasteiger partial charge in [0.15, 0.2) is 0 Å². The predicted octanol–water partition coefficient (Wildman–Crippen LogP) is 3.01. The van der Waals surface area contributed by atoms with Crippen molar-refractivity contribution in [2.45, 2.75) is 18.9 Å². The molecular formula is C22H28N4O3. The van der Waals surface area contributed by atoms with Crippen molar-refractivity contribution >= 4 is 17.6 Å². The lowest BCUT2D eigenvalue weighted by Crippen LogP contribution is -2.38. The Labute approximate surface area is 171 Å². The highest BCUT2D eigenvalue weighted by atomic mass is 16.5. The fourth-order valence-electron chi connectivity index (χ4n) is 3.64. The number of nitrogens with zero attached hydrogens (tertiary/aromatic N) is 1. The van der Waals surface area contributed by atoms with Crippen molar-refractivity contribution in [2.75, 3.05) is 39.1 Å². The molecule has 7 heteroatoms. The molecule has 7 nitrogen and oxygen atoms in total. The SMILES string of the molecule is CNC(=O)c1ccc(NC(=O)NCC(c2ccccc2OC)N2CCCC2)cc1. The summed E-state index contributed by atoms with van der Waals surface area (Å²) in [6.07, 6.45) is 2.32. The molecule has 1 saturated heterocycles. The minimum atomic E-state index is -0.281. The Morgan fingerprint density at radius 1 is 1.07 bits per heavy atom. The van der Waals surface area contributed by atoms with Gasteiger partial charge in [-0.1, -0.05) is 18.2 Å². The molecule has 1 atom stereocenters. The summed E-state index contributed by atoms with van der Waals surface area (Å²) in [5, 5.41) is 8.37. The highest BCUT2D eigenvalue weighted by Gasteiger charge is 2.26. The van der Waals surface area contributed by atoms with E-state index in [1.165, 1.54) is 0 Å². The van der Waals surface area contributed by atoms with Gasteiger partial charge in [0, 0.05) is 30.4 Å². The van der Waals surface area contributed by atoms with Crippen molar-refractivity contribution in [3.8, 4) is 5.75 Å². The van der Waals surface area contributed by atoms with Crippen LogP contribution in [0.4, 0.5) is 10.5 Å². The quantitative estimate of drug-likeness (QED) is 0.672. The summed E-state index contributed by atoms with van der Waals surface area (Å²) in [5.41, 5.74) is 2.25. The third kappa shape index (κ3) is 5.26. The minimum Gasteiger partial charge on any atom is -0.496 e. The Morgan fingerprint density at radius 3 is 2.41 bits per heavy atom.